The summed E-state index contributed by atoms with van der Waals surface area (Å²) in [6.07, 6.45) is 1.82. The van der Waals surface area contributed by atoms with Crippen LogP contribution >= 0.6 is 0 Å². The molecule has 0 aromatic heterocycles. The smallest absolute Gasteiger partial charge is 0.207 e. The Morgan fingerprint density at radius 3 is 1.43 bits per heavy atom. The number of hydrogen-bond acceptors (Lipinski definition) is 2. The van der Waals surface area contributed by atoms with E-state index in [9.17, 15) is 8.42 Å². The molecule has 0 N–H and O–H groups in total. The van der Waals surface area contributed by atoms with Crippen LogP contribution in [0.2, 0.25) is 0 Å². The van der Waals surface area contributed by atoms with E-state index in [4.69, 9.17) is 0 Å². The lowest BCUT2D eigenvalue weighted by Gasteiger charge is -2.12. The van der Waals surface area contributed by atoms with Crippen molar-refractivity contribution in [1.29, 1.82) is 0 Å². The Morgan fingerprint density at radius 1 is 0.762 bits per heavy atom. The Labute approximate surface area is 127 Å². The number of benzene rings is 2. The van der Waals surface area contributed by atoms with Crippen LogP contribution in [0.3, 0.4) is 0 Å². The minimum absolute atomic E-state index is 0.409. The fraction of sp³-hybridized carbons (Fsp3) is 0.333. The zero-order valence-electron chi connectivity index (χ0n) is 13.1. The summed E-state index contributed by atoms with van der Waals surface area (Å²) < 4.78 is 25.7. The lowest BCUT2D eigenvalue weighted by molar-refractivity contribution is 0.595. The zero-order chi connectivity index (χ0) is 15.6. The maximum absolute atomic E-state index is 12.9. The van der Waals surface area contributed by atoms with Crippen molar-refractivity contribution >= 4 is 9.84 Å². The van der Waals surface area contributed by atoms with Crippen LogP contribution in [0, 0.1) is 13.8 Å². The van der Waals surface area contributed by atoms with Gasteiger partial charge in [0.05, 0.1) is 9.79 Å². The summed E-state index contributed by atoms with van der Waals surface area (Å²) in [4.78, 5) is 0.819. The largest absolute Gasteiger partial charge is 0.218 e. The van der Waals surface area contributed by atoms with Crippen molar-refractivity contribution in [3.05, 3.63) is 58.7 Å². The second-order valence-electron chi connectivity index (χ2n) is 5.41. The molecule has 0 heterocycles. The molecule has 2 nitrogen and oxygen atoms in total. The maximum Gasteiger partial charge on any atom is 0.207 e. The van der Waals surface area contributed by atoms with Crippen LogP contribution in [-0.4, -0.2) is 8.42 Å². The first kappa shape index (κ1) is 15.8. The zero-order valence-corrected chi connectivity index (χ0v) is 13.9. The van der Waals surface area contributed by atoms with Crippen LogP contribution in [0.25, 0.3) is 0 Å². The molecule has 0 fully saturated rings. The molecule has 0 aliphatic carbocycles. The van der Waals surface area contributed by atoms with Gasteiger partial charge in [0.2, 0.25) is 9.84 Å². The quantitative estimate of drug-likeness (QED) is 0.845. The molecule has 0 aliphatic heterocycles. The van der Waals surface area contributed by atoms with E-state index in [2.05, 4.69) is 13.8 Å². The number of aryl methyl sites for hydroxylation is 4. The van der Waals surface area contributed by atoms with E-state index >= 15 is 0 Å². The number of sulfone groups is 1. The Hall–Kier alpha value is -1.61. The lowest BCUT2D eigenvalue weighted by atomic mass is 10.1. The molecule has 0 spiro atoms. The summed E-state index contributed by atoms with van der Waals surface area (Å²) in [5.41, 5.74) is 3.94. The van der Waals surface area contributed by atoms with E-state index in [-0.39, 0.29) is 0 Å². The van der Waals surface area contributed by atoms with E-state index in [0.29, 0.717) is 9.79 Å². The van der Waals surface area contributed by atoms with Crippen molar-refractivity contribution in [1.82, 2.24) is 0 Å². The minimum Gasteiger partial charge on any atom is -0.218 e. The molecule has 2 aromatic rings. The summed E-state index contributed by atoms with van der Waals surface area (Å²) in [5.74, 6) is 0. The highest BCUT2D eigenvalue weighted by Gasteiger charge is 2.21. The van der Waals surface area contributed by atoms with Gasteiger partial charge in [0.25, 0.3) is 0 Å². The third-order valence-electron chi connectivity index (χ3n) is 3.87. The minimum atomic E-state index is -3.45. The monoisotopic (exact) mass is 302 g/mol. The second-order valence-corrected chi connectivity index (χ2v) is 7.30. The van der Waals surface area contributed by atoms with Crippen LogP contribution in [0.5, 0.6) is 0 Å². The molecule has 112 valence electrons. The van der Waals surface area contributed by atoms with E-state index in [1.54, 1.807) is 12.1 Å². The summed E-state index contributed by atoms with van der Waals surface area (Å²) in [6, 6.07) is 11.2. The van der Waals surface area contributed by atoms with E-state index in [1.165, 1.54) is 0 Å². The molecule has 0 bridgehead atoms. The SMILES string of the molecule is CCc1ccc(S(=O)(=O)c2ccc(CC)cc2C)c(C)c1. The van der Waals surface area contributed by atoms with Crippen LogP contribution in [0.1, 0.15) is 36.1 Å². The molecule has 0 radical (unpaired) electrons. The highest BCUT2D eigenvalue weighted by molar-refractivity contribution is 7.91. The molecule has 0 saturated heterocycles. The molecule has 0 saturated carbocycles. The van der Waals surface area contributed by atoms with E-state index < -0.39 is 9.84 Å². The number of rotatable bonds is 4. The third-order valence-corrected chi connectivity index (χ3v) is 5.95. The van der Waals surface area contributed by atoms with Crippen molar-refractivity contribution in [2.24, 2.45) is 0 Å². The van der Waals surface area contributed by atoms with Crippen molar-refractivity contribution < 1.29 is 8.42 Å². The Kier molecular flexibility index (Phi) is 4.52. The fourth-order valence-electron chi connectivity index (χ4n) is 2.58. The number of hydrogen-bond donors (Lipinski definition) is 0. The molecule has 0 unspecified atom stereocenters. The summed E-state index contributed by atoms with van der Waals surface area (Å²) >= 11 is 0. The van der Waals surface area contributed by atoms with Crippen molar-refractivity contribution in [3.63, 3.8) is 0 Å². The topological polar surface area (TPSA) is 34.1 Å². The van der Waals surface area contributed by atoms with Crippen LogP contribution in [0.4, 0.5) is 0 Å². The predicted octanol–water partition coefficient (Wildman–Crippen LogP) is 4.26. The maximum atomic E-state index is 12.9. The fourth-order valence-corrected chi connectivity index (χ4v) is 4.28. The first-order valence-corrected chi connectivity index (χ1v) is 8.82. The van der Waals surface area contributed by atoms with Gasteiger partial charge in [-0.25, -0.2) is 8.42 Å². The van der Waals surface area contributed by atoms with Crippen molar-refractivity contribution in [2.75, 3.05) is 0 Å². The van der Waals surface area contributed by atoms with Gasteiger partial charge in [-0.1, -0.05) is 38.1 Å². The molecular formula is C18H22O2S. The second kappa shape index (κ2) is 6.02. The van der Waals surface area contributed by atoms with Gasteiger partial charge in [-0.2, -0.15) is 0 Å². The molecule has 3 heteroatoms. The van der Waals surface area contributed by atoms with Gasteiger partial charge in [0, 0.05) is 0 Å². The van der Waals surface area contributed by atoms with E-state index in [0.717, 1.165) is 35.1 Å². The normalized spacial score (nSPS) is 11.6. The van der Waals surface area contributed by atoms with Crippen LogP contribution < -0.4 is 0 Å². The van der Waals surface area contributed by atoms with Gasteiger partial charge in [-0.3, -0.25) is 0 Å². The van der Waals surface area contributed by atoms with Crippen LogP contribution in [-0.2, 0) is 22.7 Å². The average molecular weight is 302 g/mol. The van der Waals surface area contributed by atoms with Crippen molar-refractivity contribution in [2.45, 2.75) is 50.3 Å². The third kappa shape index (κ3) is 3.03. The first-order chi connectivity index (χ1) is 9.90. The van der Waals surface area contributed by atoms with Crippen molar-refractivity contribution in [3.8, 4) is 0 Å². The molecular weight excluding hydrogens is 280 g/mol. The molecule has 21 heavy (non-hydrogen) atoms. The molecule has 0 atom stereocenters. The summed E-state index contributed by atoms with van der Waals surface area (Å²) in [5, 5.41) is 0. The summed E-state index contributed by atoms with van der Waals surface area (Å²) in [6.45, 7) is 7.86. The Balaban J connectivity index is 2.57. The van der Waals surface area contributed by atoms with Crippen LogP contribution in [0.15, 0.2) is 46.2 Å². The highest BCUT2D eigenvalue weighted by Crippen LogP contribution is 2.27. The van der Waals surface area contributed by atoms with E-state index in [1.807, 2.05) is 38.1 Å². The van der Waals surface area contributed by atoms with Gasteiger partial charge >= 0.3 is 0 Å². The van der Waals surface area contributed by atoms with Gasteiger partial charge < -0.3 is 0 Å². The molecule has 0 amide bonds. The molecule has 2 aromatic carbocycles. The Bertz CT molecular complexity index is 699. The molecule has 2 rings (SSSR count). The Morgan fingerprint density at radius 2 is 1.14 bits per heavy atom. The first-order valence-electron chi connectivity index (χ1n) is 7.34. The standard InChI is InChI=1S/C18H22O2S/c1-5-15-7-9-17(13(3)11-15)21(19,20)18-10-8-16(6-2)12-14(18)4/h7-12H,5-6H2,1-4H3. The summed E-state index contributed by atoms with van der Waals surface area (Å²) in [7, 11) is -3.45. The van der Waals surface area contributed by atoms with Gasteiger partial charge in [0.1, 0.15) is 0 Å². The van der Waals surface area contributed by atoms with Gasteiger partial charge in [0.15, 0.2) is 0 Å². The predicted molar refractivity (Wildman–Crippen MR) is 86.6 cm³/mol. The highest BCUT2D eigenvalue weighted by atomic mass is 32.2. The van der Waals surface area contributed by atoms with Gasteiger partial charge in [-0.15, -0.1) is 0 Å². The lowest BCUT2D eigenvalue weighted by Crippen LogP contribution is -2.07. The average Bonchev–Trinajstić information content (AvgIpc) is 2.46. The van der Waals surface area contributed by atoms with Gasteiger partial charge in [-0.05, 0) is 61.1 Å². The molecule has 0 aliphatic rings.